The lowest BCUT2D eigenvalue weighted by atomic mass is 10.1. The highest BCUT2D eigenvalue weighted by Gasteiger charge is 2.06. The van der Waals surface area contributed by atoms with E-state index in [1.54, 1.807) is 6.07 Å². The van der Waals surface area contributed by atoms with Gasteiger partial charge in [-0.25, -0.2) is 0 Å². The third kappa shape index (κ3) is 1.74. The molecule has 3 nitrogen and oxygen atoms in total. The molecule has 2 rings (SSSR count). The molecular weight excluding hydrogens is 223 g/mol. The number of hydrogen-bond acceptors (Lipinski definition) is 3. The molecule has 0 aliphatic rings. The van der Waals surface area contributed by atoms with Gasteiger partial charge < -0.3 is 4.52 Å². The van der Waals surface area contributed by atoms with Gasteiger partial charge in [0.05, 0.1) is 0 Å². The summed E-state index contributed by atoms with van der Waals surface area (Å²) in [6, 6.07) is 5.44. The molecule has 0 amide bonds. The first-order chi connectivity index (χ1) is 6.81. The normalized spacial score (nSPS) is 10.4. The first-order valence-corrected chi connectivity index (χ1v) is 4.83. The van der Waals surface area contributed by atoms with Crippen LogP contribution in [0.25, 0.3) is 11.4 Å². The fourth-order valence-corrected chi connectivity index (χ4v) is 1.59. The standard InChI is InChI=1S/C9H6Cl2N2O/c10-4-7-3-6(1-2-8(7)11)9-12-5-14-13-9/h1-3,5H,4H2. The van der Waals surface area contributed by atoms with Crippen molar-refractivity contribution >= 4 is 23.2 Å². The lowest BCUT2D eigenvalue weighted by Gasteiger charge is -2.01. The van der Waals surface area contributed by atoms with Crippen molar-refractivity contribution in [3.63, 3.8) is 0 Å². The molecule has 0 aliphatic carbocycles. The molecule has 72 valence electrons. The van der Waals surface area contributed by atoms with Crippen LogP contribution in [-0.2, 0) is 5.88 Å². The average molecular weight is 229 g/mol. The number of aromatic nitrogens is 2. The largest absolute Gasteiger partial charge is 0.342 e. The Balaban J connectivity index is 2.46. The average Bonchev–Trinajstić information content (AvgIpc) is 2.71. The fourth-order valence-electron chi connectivity index (χ4n) is 1.11. The minimum absolute atomic E-state index is 0.366. The molecule has 1 aromatic heterocycles. The van der Waals surface area contributed by atoms with Crippen LogP contribution in [0.5, 0.6) is 0 Å². The summed E-state index contributed by atoms with van der Waals surface area (Å²) in [7, 11) is 0. The second kappa shape index (κ2) is 3.98. The van der Waals surface area contributed by atoms with Crippen LogP contribution in [0.3, 0.4) is 0 Å². The lowest BCUT2D eigenvalue weighted by molar-refractivity contribution is 0.419. The third-order valence-corrected chi connectivity index (χ3v) is 2.47. The van der Waals surface area contributed by atoms with Gasteiger partial charge in [-0.3, -0.25) is 0 Å². The van der Waals surface area contributed by atoms with Crippen LogP contribution in [-0.4, -0.2) is 10.1 Å². The summed E-state index contributed by atoms with van der Waals surface area (Å²) in [5.74, 6) is 0.901. The number of hydrogen-bond donors (Lipinski definition) is 0. The summed E-state index contributed by atoms with van der Waals surface area (Å²) < 4.78 is 4.65. The zero-order valence-electron chi connectivity index (χ0n) is 7.08. The molecule has 0 saturated carbocycles. The topological polar surface area (TPSA) is 38.9 Å². The van der Waals surface area contributed by atoms with E-state index in [0.717, 1.165) is 11.1 Å². The van der Waals surface area contributed by atoms with Crippen LogP contribution >= 0.6 is 23.2 Å². The third-order valence-electron chi connectivity index (χ3n) is 1.81. The van der Waals surface area contributed by atoms with Crippen LogP contribution in [0.4, 0.5) is 0 Å². The van der Waals surface area contributed by atoms with E-state index >= 15 is 0 Å². The van der Waals surface area contributed by atoms with E-state index in [1.807, 2.05) is 12.1 Å². The maximum absolute atomic E-state index is 5.91. The predicted molar refractivity (Wildman–Crippen MR) is 54.3 cm³/mol. The number of halogens is 2. The van der Waals surface area contributed by atoms with E-state index in [9.17, 15) is 0 Å². The Morgan fingerprint density at radius 2 is 2.21 bits per heavy atom. The van der Waals surface area contributed by atoms with E-state index in [-0.39, 0.29) is 0 Å². The summed E-state index contributed by atoms with van der Waals surface area (Å²) in [6.07, 6.45) is 1.28. The SMILES string of the molecule is ClCc1cc(-c2ncon2)ccc1Cl. The molecule has 0 N–H and O–H groups in total. The van der Waals surface area contributed by atoms with Gasteiger partial charge in [0.25, 0.3) is 0 Å². The van der Waals surface area contributed by atoms with Crippen LogP contribution in [0.2, 0.25) is 5.02 Å². The highest BCUT2D eigenvalue weighted by molar-refractivity contribution is 6.32. The van der Waals surface area contributed by atoms with Gasteiger partial charge in [0.2, 0.25) is 12.2 Å². The van der Waals surface area contributed by atoms with Crippen molar-refractivity contribution in [3.05, 3.63) is 35.2 Å². The Hall–Kier alpha value is -1.06. The first kappa shape index (κ1) is 9.49. The number of benzene rings is 1. The second-order valence-electron chi connectivity index (χ2n) is 2.69. The van der Waals surface area contributed by atoms with E-state index < -0.39 is 0 Å². The molecule has 0 bridgehead atoms. The highest BCUT2D eigenvalue weighted by atomic mass is 35.5. The van der Waals surface area contributed by atoms with Crippen LogP contribution in [0.15, 0.2) is 29.1 Å². The molecule has 1 aromatic carbocycles. The molecule has 0 unspecified atom stereocenters. The zero-order chi connectivity index (χ0) is 9.97. The van der Waals surface area contributed by atoms with Crippen molar-refractivity contribution in [2.45, 2.75) is 5.88 Å². The molecule has 14 heavy (non-hydrogen) atoms. The minimum Gasteiger partial charge on any atom is -0.342 e. The molecule has 0 radical (unpaired) electrons. The van der Waals surface area contributed by atoms with Crippen molar-refractivity contribution in [3.8, 4) is 11.4 Å². The maximum atomic E-state index is 5.91. The smallest absolute Gasteiger partial charge is 0.214 e. The van der Waals surface area contributed by atoms with Crippen LogP contribution < -0.4 is 0 Å². The summed E-state index contributed by atoms with van der Waals surface area (Å²) in [4.78, 5) is 3.93. The van der Waals surface area contributed by atoms with Gasteiger partial charge in [-0.05, 0) is 23.8 Å². The molecule has 2 aromatic rings. The van der Waals surface area contributed by atoms with Crippen molar-refractivity contribution in [1.82, 2.24) is 10.1 Å². The molecular formula is C9H6Cl2N2O. The van der Waals surface area contributed by atoms with Crippen LogP contribution in [0.1, 0.15) is 5.56 Å². The molecule has 0 fully saturated rings. The van der Waals surface area contributed by atoms with Gasteiger partial charge in [-0.15, -0.1) is 11.6 Å². The van der Waals surface area contributed by atoms with Gasteiger partial charge in [0.1, 0.15) is 0 Å². The number of alkyl halides is 1. The molecule has 0 aliphatic heterocycles. The second-order valence-corrected chi connectivity index (χ2v) is 3.37. The van der Waals surface area contributed by atoms with Crippen molar-refractivity contribution in [1.29, 1.82) is 0 Å². The molecule has 5 heteroatoms. The fraction of sp³-hybridized carbons (Fsp3) is 0.111. The zero-order valence-corrected chi connectivity index (χ0v) is 8.59. The molecule has 0 saturated heterocycles. The van der Waals surface area contributed by atoms with Gasteiger partial charge in [-0.2, -0.15) is 4.98 Å². The van der Waals surface area contributed by atoms with Gasteiger partial charge in [0, 0.05) is 16.5 Å². The Labute approximate surface area is 90.6 Å². The monoisotopic (exact) mass is 228 g/mol. The van der Waals surface area contributed by atoms with Gasteiger partial charge >= 0.3 is 0 Å². The Bertz CT molecular complexity index is 428. The Morgan fingerprint density at radius 3 is 2.86 bits per heavy atom. The van der Waals surface area contributed by atoms with Crippen LogP contribution in [0, 0.1) is 0 Å². The quantitative estimate of drug-likeness (QED) is 0.742. The summed E-state index contributed by atoms with van der Waals surface area (Å²) in [5, 5.41) is 4.36. The van der Waals surface area contributed by atoms with E-state index in [4.69, 9.17) is 23.2 Å². The first-order valence-electron chi connectivity index (χ1n) is 3.92. The van der Waals surface area contributed by atoms with Gasteiger partial charge in [-0.1, -0.05) is 16.8 Å². The molecule has 0 spiro atoms. The van der Waals surface area contributed by atoms with E-state index in [2.05, 4.69) is 14.7 Å². The predicted octanol–water partition coefficient (Wildman–Crippen LogP) is 3.13. The highest BCUT2D eigenvalue weighted by Crippen LogP contribution is 2.23. The number of nitrogens with zero attached hydrogens (tertiary/aromatic N) is 2. The van der Waals surface area contributed by atoms with Gasteiger partial charge in [0.15, 0.2) is 0 Å². The van der Waals surface area contributed by atoms with Crippen molar-refractivity contribution in [2.24, 2.45) is 0 Å². The van der Waals surface area contributed by atoms with E-state index in [0.29, 0.717) is 16.7 Å². The molecule has 1 heterocycles. The Morgan fingerprint density at radius 1 is 1.36 bits per heavy atom. The maximum Gasteiger partial charge on any atom is 0.214 e. The lowest BCUT2D eigenvalue weighted by Crippen LogP contribution is -1.85. The minimum atomic E-state index is 0.366. The number of rotatable bonds is 2. The summed E-state index contributed by atoms with van der Waals surface area (Å²) in [6.45, 7) is 0. The van der Waals surface area contributed by atoms with Crippen molar-refractivity contribution < 1.29 is 4.52 Å². The molecule has 0 atom stereocenters. The Kier molecular flexibility index (Phi) is 2.70. The van der Waals surface area contributed by atoms with E-state index in [1.165, 1.54) is 6.39 Å². The summed E-state index contributed by atoms with van der Waals surface area (Å²) in [5.41, 5.74) is 1.70. The summed E-state index contributed by atoms with van der Waals surface area (Å²) >= 11 is 11.6. The van der Waals surface area contributed by atoms with Crippen molar-refractivity contribution in [2.75, 3.05) is 0 Å².